The number of nitrogens with zero attached hydrogens (tertiary/aromatic N) is 1. The van der Waals surface area contributed by atoms with Gasteiger partial charge in [-0.3, -0.25) is 4.79 Å². The van der Waals surface area contributed by atoms with Crippen molar-refractivity contribution in [3.63, 3.8) is 0 Å². The minimum absolute atomic E-state index is 0.136. The summed E-state index contributed by atoms with van der Waals surface area (Å²) < 4.78 is 0. The topological polar surface area (TPSA) is 46.3 Å². The zero-order valence-electron chi connectivity index (χ0n) is 10.5. The highest BCUT2D eigenvalue weighted by atomic mass is 32.1. The van der Waals surface area contributed by atoms with Crippen molar-refractivity contribution < 1.29 is 4.79 Å². The highest BCUT2D eigenvalue weighted by Gasteiger charge is 2.37. The predicted molar refractivity (Wildman–Crippen MR) is 71.4 cm³/mol. The van der Waals surface area contributed by atoms with Crippen LogP contribution in [0.4, 0.5) is 0 Å². The third kappa shape index (κ3) is 2.38. The molecule has 1 fully saturated rings. The SMILES string of the molecule is Cc1ccsc1C(=O)N(C)CC1(CN)CCC1. The average molecular weight is 252 g/mol. The first kappa shape index (κ1) is 12.6. The molecule has 1 heterocycles. The van der Waals surface area contributed by atoms with E-state index >= 15 is 0 Å². The van der Waals surface area contributed by atoms with Crippen molar-refractivity contribution in [2.24, 2.45) is 11.1 Å². The van der Waals surface area contributed by atoms with Crippen LogP contribution in [0.1, 0.15) is 34.5 Å². The smallest absolute Gasteiger partial charge is 0.263 e. The lowest BCUT2D eigenvalue weighted by Gasteiger charge is -2.43. The van der Waals surface area contributed by atoms with E-state index in [0.717, 1.165) is 29.8 Å². The summed E-state index contributed by atoms with van der Waals surface area (Å²) in [6.45, 7) is 3.47. The molecule has 1 aliphatic carbocycles. The molecule has 1 aromatic heterocycles. The molecule has 2 rings (SSSR count). The van der Waals surface area contributed by atoms with Crippen LogP contribution in [0.25, 0.3) is 0 Å². The largest absolute Gasteiger partial charge is 0.340 e. The second-order valence-electron chi connectivity index (χ2n) is 5.15. The van der Waals surface area contributed by atoms with E-state index in [9.17, 15) is 4.79 Å². The molecule has 0 spiro atoms. The van der Waals surface area contributed by atoms with Crippen LogP contribution in [0.3, 0.4) is 0 Å². The number of carbonyl (C=O) groups is 1. The molecule has 4 heteroatoms. The molecule has 0 aromatic carbocycles. The molecule has 0 aliphatic heterocycles. The predicted octanol–water partition coefficient (Wildman–Crippen LogP) is 2.26. The summed E-state index contributed by atoms with van der Waals surface area (Å²) in [6, 6.07) is 1.99. The molecule has 1 saturated carbocycles. The maximum Gasteiger partial charge on any atom is 0.263 e. The normalized spacial score (nSPS) is 17.6. The van der Waals surface area contributed by atoms with E-state index in [-0.39, 0.29) is 11.3 Å². The second kappa shape index (κ2) is 4.78. The number of carbonyl (C=O) groups excluding carboxylic acids is 1. The maximum absolute atomic E-state index is 12.3. The number of nitrogens with two attached hydrogens (primary N) is 1. The fraction of sp³-hybridized carbons (Fsp3) is 0.615. The van der Waals surface area contributed by atoms with Gasteiger partial charge in [0.25, 0.3) is 5.91 Å². The van der Waals surface area contributed by atoms with Gasteiger partial charge in [0.1, 0.15) is 0 Å². The van der Waals surface area contributed by atoms with Gasteiger partial charge in [-0.1, -0.05) is 6.42 Å². The number of hydrogen-bond donors (Lipinski definition) is 1. The zero-order valence-corrected chi connectivity index (χ0v) is 11.3. The summed E-state index contributed by atoms with van der Waals surface area (Å²) >= 11 is 1.52. The van der Waals surface area contributed by atoms with E-state index in [1.807, 2.05) is 30.3 Å². The molecular weight excluding hydrogens is 232 g/mol. The van der Waals surface area contributed by atoms with E-state index in [2.05, 4.69) is 0 Å². The lowest BCUT2D eigenvalue weighted by molar-refractivity contribution is 0.0572. The molecule has 1 aromatic rings. The first-order chi connectivity index (χ1) is 8.08. The third-order valence-corrected chi connectivity index (χ3v) is 4.83. The van der Waals surface area contributed by atoms with Crippen molar-refractivity contribution in [3.05, 3.63) is 21.9 Å². The van der Waals surface area contributed by atoms with Gasteiger partial charge in [-0.25, -0.2) is 0 Å². The number of rotatable bonds is 4. The fourth-order valence-corrected chi connectivity index (χ4v) is 3.36. The van der Waals surface area contributed by atoms with Crippen LogP contribution in [0.5, 0.6) is 0 Å². The van der Waals surface area contributed by atoms with Crippen molar-refractivity contribution in [2.45, 2.75) is 26.2 Å². The Kier molecular flexibility index (Phi) is 3.54. The van der Waals surface area contributed by atoms with Crippen LogP contribution in [0, 0.1) is 12.3 Å². The zero-order chi connectivity index (χ0) is 12.5. The molecule has 0 atom stereocenters. The van der Waals surface area contributed by atoms with Crippen LogP contribution in [0.15, 0.2) is 11.4 Å². The van der Waals surface area contributed by atoms with E-state index in [0.29, 0.717) is 6.54 Å². The van der Waals surface area contributed by atoms with Crippen LogP contribution < -0.4 is 5.73 Å². The van der Waals surface area contributed by atoms with Crippen molar-refractivity contribution in [1.29, 1.82) is 0 Å². The molecule has 94 valence electrons. The third-order valence-electron chi connectivity index (χ3n) is 3.82. The van der Waals surface area contributed by atoms with Gasteiger partial charge in [-0.2, -0.15) is 0 Å². The van der Waals surface area contributed by atoms with E-state index in [1.165, 1.54) is 17.8 Å². The van der Waals surface area contributed by atoms with Crippen LogP contribution in [-0.4, -0.2) is 30.9 Å². The van der Waals surface area contributed by atoms with Crippen molar-refractivity contribution in [3.8, 4) is 0 Å². The monoisotopic (exact) mass is 252 g/mol. The van der Waals surface area contributed by atoms with Gasteiger partial charge >= 0.3 is 0 Å². The Labute approximate surface area is 107 Å². The molecule has 17 heavy (non-hydrogen) atoms. The quantitative estimate of drug-likeness (QED) is 0.893. The molecule has 0 bridgehead atoms. The van der Waals surface area contributed by atoms with Gasteiger partial charge in [0.15, 0.2) is 0 Å². The summed E-state index contributed by atoms with van der Waals surface area (Å²) in [5.74, 6) is 0.136. The Bertz CT molecular complexity index is 404. The summed E-state index contributed by atoms with van der Waals surface area (Å²) in [5.41, 5.74) is 7.09. The van der Waals surface area contributed by atoms with E-state index < -0.39 is 0 Å². The molecule has 0 radical (unpaired) electrons. The number of thiophene rings is 1. The first-order valence-electron chi connectivity index (χ1n) is 6.08. The fourth-order valence-electron chi connectivity index (χ4n) is 2.44. The Morgan fingerprint density at radius 2 is 2.29 bits per heavy atom. The number of amides is 1. The highest BCUT2D eigenvalue weighted by molar-refractivity contribution is 7.12. The van der Waals surface area contributed by atoms with E-state index in [4.69, 9.17) is 5.73 Å². The van der Waals surface area contributed by atoms with Gasteiger partial charge in [0, 0.05) is 19.0 Å². The van der Waals surface area contributed by atoms with Gasteiger partial charge < -0.3 is 10.6 Å². The molecule has 1 amide bonds. The Hall–Kier alpha value is -0.870. The van der Waals surface area contributed by atoms with Crippen LogP contribution in [0.2, 0.25) is 0 Å². The second-order valence-corrected chi connectivity index (χ2v) is 6.07. The molecule has 3 nitrogen and oxygen atoms in total. The molecule has 0 unspecified atom stereocenters. The molecule has 1 aliphatic rings. The summed E-state index contributed by atoms with van der Waals surface area (Å²) in [5, 5.41) is 1.97. The van der Waals surface area contributed by atoms with Gasteiger partial charge in [-0.05, 0) is 43.3 Å². The summed E-state index contributed by atoms with van der Waals surface area (Å²) in [4.78, 5) is 15.0. The van der Waals surface area contributed by atoms with Crippen molar-refractivity contribution >= 4 is 17.2 Å². The Morgan fingerprint density at radius 3 is 2.71 bits per heavy atom. The number of hydrogen-bond acceptors (Lipinski definition) is 3. The van der Waals surface area contributed by atoms with Crippen LogP contribution >= 0.6 is 11.3 Å². The van der Waals surface area contributed by atoms with Crippen molar-refractivity contribution in [1.82, 2.24) is 4.90 Å². The van der Waals surface area contributed by atoms with E-state index in [1.54, 1.807) is 0 Å². The number of aryl methyl sites for hydroxylation is 1. The van der Waals surface area contributed by atoms with Crippen LogP contribution in [-0.2, 0) is 0 Å². The minimum Gasteiger partial charge on any atom is -0.340 e. The van der Waals surface area contributed by atoms with Gasteiger partial charge in [0.05, 0.1) is 4.88 Å². The van der Waals surface area contributed by atoms with Gasteiger partial charge in [0.2, 0.25) is 0 Å². The lowest BCUT2D eigenvalue weighted by atomic mass is 9.68. The Balaban J connectivity index is 2.03. The minimum atomic E-state index is 0.136. The highest BCUT2D eigenvalue weighted by Crippen LogP contribution is 2.40. The maximum atomic E-state index is 12.3. The standard InChI is InChI=1S/C13H20N2OS/c1-10-4-7-17-11(10)12(16)15(2)9-13(8-14)5-3-6-13/h4,7H,3,5-6,8-9,14H2,1-2H3. The molecule has 2 N–H and O–H groups in total. The summed E-state index contributed by atoms with van der Waals surface area (Å²) in [6.07, 6.45) is 3.56. The average Bonchev–Trinajstić information content (AvgIpc) is 2.68. The summed E-state index contributed by atoms with van der Waals surface area (Å²) in [7, 11) is 1.89. The van der Waals surface area contributed by atoms with Crippen molar-refractivity contribution in [2.75, 3.05) is 20.1 Å². The van der Waals surface area contributed by atoms with Gasteiger partial charge in [-0.15, -0.1) is 11.3 Å². The lowest BCUT2D eigenvalue weighted by Crippen LogP contribution is -2.47. The first-order valence-corrected chi connectivity index (χ1v) is 6.96. The molecule has 0 saturated heterocycles. The molecular formula is C13H20N2OS. The Morgan fingerprint density at radius 1 is 1.59 bits per heavy atom.